The Bertz CT molecular complexity index is 1080. The van der Waals surface area contributed by atoms with Crippen LogP contribution in [0, 0.1) is 5.92 Å². The molecule has 0 spiro atoms. The normalized spacial score (nSPS) is 20.2. The zero-order chi connectivity index (χ0) is 24.5. The summed E-state index contributed by atoms with van der Waals surface area (Å²) in [6.45, 7) is 7.77. The van der Waals surface area contributed by atoms with Gasteiger partial charge in [0.05, 0.1) is 28.2 Å². The lowest BCUT2D eigenvalue weighted by Gasteiger charge is -2.29. The second kappa shape index (κ2) is 9.62. The fourth-order valence-corrected chi connectivity index (χ4v) is 5.87. The van der Waals surface area contributed by atoms with Crippen LogP contribution in [-0.2, 0) is 19.4 Å². The molecular weight excluding hydrogens is 448 g/mol. The van der Waals surface area contributed by atoms with E-state index < -0.39 is 39.8 Å². The van der Waals surface area contributed by atoms with Crippen LogP contribution in [0.15, 0.2) is 18.2 Å². The molecule has 0 saturated carbocycles. The van der Waals surface area contributed by atoms with Gasteiger partial charge in [-0.1, -0.05) is 13.8 Å². The van der Waals surface area contributed by atoms with Gasteiger partial charge >= 0.3 is 5.97 Å². The molecule has 1 aromatic rings. The number of carbonyl (C=O) groups is 4. The quantitative estimate of drug-likeness (QED) is 0.414. The molecule has 0 bridgehead atoms. The first-order valence-electron chi connectivity index (χ1n) is 11.2. The molecule has 2 unspecified atom stereocenters. The number of fused-ring (bicyclic) bond motifs is 1. The van der Waals surface area contributed by atoms with Gasteiger partial charge in [0.25, 0.3) is 17.7 Å². The third-order valence-corrected chi connectivity index (χ3v) is 7.79. The van der Waals surface area contributed by atoms with Crippen LogP contribution in [0.2, 0.25) is 0 Å². The van der Waals surface area contributed by atoms with Gasteiger partial charge < -0.3 is 9.64 Å². The fourth-order valence-electron chi connectivity index (χ4n) is 4.14. The molecule has 9 nitrogen and oxygen atoms in total. The standard InChI is InChI=1S/C23H30N2O7S/c1-5-24(17-9-11-33(30,31)13-17)20(26)15(4)32-23(29)16-6-7-18-19(12-16)22(28)25(21(18)27)10-8-14(2)3/h6-7,12,14-15,17H,5,8-11,13H2,1-4H3. The highest BCUT2D eigenvalue weighted by atomic mass is 32.2. The van der Waals surface area contributed by atoms with Crippen LogP contribution >= 0.6 is 0 Å². The summed E-state index contributed by atoms with van der Waals surface area (Å²) in [4.78, 5) is 53.4. The lowest BCUT2D eigenvalue weighted by atomic mass is 10.1. The Morgan fingerprint density at radius 3 is 2.39 bits per heavy atom. The monoisotopic (exact) mass is 478 g/mol. The molecule has 0 aromatic heterocycles. The van der Waals surface area contributed by atoms with Crippen LogP contribution in [0.25, 0.3) is 0 Å². The van der Waals surface area contributed by atoms with Crippen molar-refractivity contribution in [3.8, 4) is 0 Å². The summed E-state index contributed by atoms with van der Waals surface area (Å²) in [6, 6.07) is 3.71. The minimum atomic E-state index is -3.17. The molecule has 180 valence electrons. The van der Waals surface area contributed by atoms with E-state index in [-0.39, 0.29) is 34.1 Å². The number of ether oxygens (including phenoxy) is 1. The van der Waals surface area contributed by atoms with Crippen molar-refractivity contribution in [2.75, 3.05) is 24.6 Å². The number of carbonyl (C=O) groups excluding carboxylic acids is 4. The van der Waals surface area contributed by atoms with Crippen LogP contribution in [0.5, 0.6) is 0 Å². The molecule has 2 aliphatic heterocycles. The van der Waals surface area contributed by atoms with Crippen molar-refractivity contribution in [2.45, 2.75) is 52.7 Å². The number of likely N-dealkylation sites (N-methyl/N-ethyl adjacent to an activating group) is 1. The molecular formula is C23H30N2O7S. The Morgan fingerprint density at radius 2 is 1.82 bits per heavy atom. The fraction of sp³-hybridized carbons (Fsp3) is 0.565. The number of sulfone groups is 1. The second-order valence-corrected chi connectivity index (χ2v) is 11.2. The summed E-state index contributed by atoms with van der Waals surface area (Å²) in [5, 5.41) is 0. The van der Waals surface area contributed by atoms with Crippen LogP contribution in [-0.4, -0.2) is 78.6 Å². The van der Waals surface area contributed by atoms with E-state index in [2.05, 4.69) is 0 Å². The predicted molar refractivity (Wildman–Crippen MR) is 121 cm³/mol. The SMILES string of the molecule is CCN(C(=O)C(C)OC(=O)c1ccc2c(c1)C(=O)N(CCC(C)C)C2=O)C1CCS(=O)(=O)C1. The van der Waals surface area contributed by atoms with E-state index in [9.17, 15) is 27.6 Å². The van der Waals surface area contributed by atoms with Crippen molar-refractivity contribution < 1.29 is 32.3 Å². The zero-order valence-electron chi connectivity index (χ0n) is 19.4. The van der Waals surface area contributed by atoms with Crippen LogP contribution in [0.3, 0.4) is 0 Å². The second-order valence-electron chi connectivity index (χ2n) is 8.93. The molecule has 2 heterocycles. The molecule has 0 radical (unpaired) electrons. The highest BCUT2D eigenvalue weighted by molar-refractivity contribution is 7.91. The Morgan fingerprint density at radius 1 is 1.15 bits per heavy atom. The van der Waals surface area contributed by atoms with Crippen LogP contribution in [0.4, 0.5) is 0 Å². The summed E-state index contributed by atoms with van der Waals surface area (Å²) in [7, 11) is -3.17. The number of hydrogen-bond acceptors (Lipinski definition) is 7. The molecule has 2 atom stereocenters. The van der Waals surface area contributed by atoms with Crippen molar-refractivity contribution in [1.82, 2.24) is 9.80 Å². The summed E-state index contributed by atoms with van der Waals surface area (Å²) < 4.78 is 28.9. The Kier molecular flexibility index (Phi) is 7.26. The van der Waals surface area contributed by atoms with Gasteiger partial charge in [-0.3, -0.25) is 19.3 Å². The summed E-state index contributed by atoms with van der Waals surface area (Å²) >= 11 is 0. The lowest BCUT2D eigenvalue weighted by Crippen LogP contribution is -2.46. The van der Waals surface area contributed by atoms with E-state index in [1.54, 1.807) is 6.92 Å². The van der Waals surface area contributed by atoms with Gasteiger partial charge in [-0.25, -0.2) is 13.2 Å². The summed E-state index contributed by atoms with van der Waals surface area (Å²) in [5.41, 5.74) is 0.444. The molecule has 3 amide bonds. The van der Waals surface area contributed by atoms with E-state index in [1.165, 1.54) is 34.9 Å². The highest BCUT2D eigenvalue weighted by Crippen LogP contribution is 2.25. The van der Waals surface area contributed by atoms with E-state index in [0.29, 0.717) is 31.8 Å². The van der Waals surface area contributed by atoms with Gasteiger partial charge in [-0.2, -0.15) is 0 Å². The number of hydrogen-bond donors (Lipinski definition) is 0. The van der Waals surface area contributed by atoms with Gasteiger partial charge in [0.1, 0.15) is 0 Å². The molecule has 0 aliphatic carbocycles. The van der Waals surface area contributed by atoms with Crippen molar-refractivity contribution >= 4 is 33.5 Å². The Balaban J connectivity index is 1.69. The van der Waals surface area contributed by atoms with Gasteiger partial charge in [-0.15, -0.1) is 0 Å². The number of rotatable bonds is 8. The maximum Gasteiger partial charge on any atom is 0.338 e. The average Bonchev–Trinajstić information content (AvgIpc) is 3.23. The van der Waals surface area contributed by atoms with Gasteiger partial charge in [-0.05, 0) is 50.8 Å². The van der Waals surface area contributed by atoms with Gasteiger partial charge in [0, 0.05) is 19.1 Å². The maximum absolute atomic E-state index is 12.8. The number of amides is 3. The van der Waals surface area contributed by atoms with Crippen molar-refractivity contribution in [2.24, 2.45) is 5.92 Å². The number of benzene rings is 1. The van der Waals surface area contributed by atoms with E-state index >= 15 is 0 Å². The molecule has 3 rings (SSSR count). The van der Waals surface area contributed by atoms with Crippen molar-refractivity contribution in [3.05, 3.63) is 34.9 Å². The first kappa shape index (κ1) is 24.9. The molecule has 2 aliphatic rings. The minimum Gasteiger partial charge on any atom is -0.449 e. The Labute approximate surface area is 194 Å². The highest BCUT2D eigenvalue weighted by Gasteiger charge is 2.38. The minimum absolute atomic E-state index is 0.0334. The summed E-state index contributed by atoms with van der Waals surface area (Å²) in [6.07, 6.45) is -0.0959. The van der Waals surface area contributed by atoms with Gasteiger partial charge in [0.15, 0.2) is 15.9 Å². The number of nitrogens with zero attached hydrogens (tertiary/aromatic N) is 2. The summed E-state index contributed by atoms with van der Waals surface area (Å²) in [5.74, 6) is -1.84. The maximum atomic E-state index is 12.8. The predicted octanol–water partition coefficient (Wildman–Crippen LogP) is 1.91. The van der Waals surface area contributed by atoms with Gasteiger partial charge in [0.2, 0.25) is 0 Å². The number of imide groups is 1. The first-order valence-corrected chi connectivity index (χ1v) is 13.0. The van der Waals surface area contributed by atoms with Crippen LogP contribution in [0.1, 0.15) is 71.6 Å². The lowest BCUT2D eigenvalue weighted by molar-refractivity contribution is -0.141. The van der Waals surface area contributed by atoms with Crippen molar-refractivity contribution in [1.29, 1.82) is 0 Å². The number of esters is 1. The topological polar surface area (TPSA) is 118 Å². The molecule has 33 heavy (non-hydrogen) atoms. The Hall–Kier alpha value is -2.75. The third kappa shape index (κ3) is 5.26. The molecule has 1 fully saturated rings. The molecule has 1 saturated heterocycles. The molecule has 1 aromatic carbocycles. The first-order chi connectivity index (χ1) is 15.4. The van der Waals surface area contributed by atoms with E-state index in [4.69, 9.17) is 4.74 Å². The average molecular weight is 479 g/mol. The largest absolute Gasteiger partial charge is 0.449 e. The zero-order valence-corrected chi connectivity index (χ0v) is 20.2. The van der Waals surface area contributed by atoms with Crippen LogP contribution < -0.4 is 0 Å². The molecule has 10 heteroatoms. The molecule has 0 N–H and O–H groups in total. The van der Waals surface area contributed by atoms with E-state index in [1.807, 2.05) is 13.8 Å². The third-order valence-electron chi connectivity index (χ3n) is 6.04. The smallest absolute Gasteiger partial charge is 0.338 e. The van der Waals surface area contributed by atoms with Crippen molar-refractivity contribution in [3.63, 3.8) is 0 Å². The van der Waals surface area contributed by atoms with E-state index in [0.717, 1.165) is 0 Å².